The Hall–Kier alpha value is -7.29. The van der Waals surface area contributed by atoms with Crippen LogP contribution in [0.15, 0.2) is 199 Å². The van der Waals surface area contributed by atoms with Gasteiger partial charge in [-0.25, -0.2) is 0 Å². The molecule has 0 radical (unpaired) electrons. The first-order valence-electron chi connectivity index (χ1n) is 18.4. The van der Waals surface area contributed by atoms with Crippen LogP contribution in [0.4, 0.5) is 0 Å². The third-order valence-corrected chi connectivity index (χ3v) is 10.3. The second-order valence-electron chi connectivity index (χ2n) is 13.8. The van der Waals surface area contributed by atoms with Crippen LogP contribution in [-0.4, -0.2) is 4.98 Å². The van der Waals surface area contributed by atoms with Gasteiger partial charge in [-0.2, -0.15) is 0 Å². The smallest absolute Gasteiger partial charge is 0.143 e. The predicted octanol–water partition coefficient (Wildman–Crippen LogP) is 12.7. The van der Waals surface area contributed by atoms with Crippen molar-refractivity contribution in [2.75, 3.05) is 0 Å². The molecule has 0 atom stereocenters. The molecule has 0 N–H and O–H groups in total. The molecule has 0 amide bonds. The molecule has 9 aromatic rings. The molecule has 260 valence electrons. The molecule has 55 heavy (non-hydrogen) atoms. The van der Waals surface area contributed by atoms with Crippen LogP contribution in [0.1, 0.15) is 16.7 Å². The van der Waals surface area contributed by atoms with E-state index in [1.54, 1.807) is 0 Å². The fourth-order valence-electron chi connectivity index (χ4n) is 7.47. The number of hydrogen-bond donors (Lipinski definition) is 0. The zero-order chi connectivity index (χ0) is 37.3. The Bertz CT molecular complexity index is 3140. The van der Waals surface area contributed by atoms with Crippen LogP contribution in [0, 0.1) is 0 Å². The zero-order valence-corrected chi connectivity index (χ0v) is 30.4. The number of aromatic nitrogens is 1. The van der Waals surface area contributed by atoms with Crippen molar-refractivity contribution in [3.05, 3.63) is 222 Å². The third kappa shape index (κ3) is 6.41. The predicted molar refractivity (Wildman–Crippen MR) is 235 cm³/mol. The molecule has 0 saturated heterocycles. The van der Waals surface area contributed by atoms with E-state index in [-0.39, 0.29) is 0 Å². The second-order valence-corrected chi connectivity index (χ2v) is 13.8. The summed E-state index contributed by atoms with van der Waals surface area (Å²) in [6.45, 7) is 13.3. The minimum Gasteiger partial charge on any atom is -0.455 e. The van der Waals surface area contributed by atoms with Crippen molar-refractivity contribution < 1.29 is 4.42 Å². The molecule has 0 aliphatic rings. The van der Waals surface area contributed by atoms with Crippen molar-refractivity contribution >= 4 is 67.8 Å². The first-order valence-corrected chi connectivity index (χ1v) is 18.4. The summed E-state index contributed by atoms with van der Waals surface area (Å²) < 4.78 is 6.60. The molecular formula is C53H37NO. The van der Waals surface area contributed by atoms with Crippen LogP contribution in [0.2, 0.25) is 0 Å². The summed E-state index contributed by atoms with van der Waals surface area (Å²) in [6, 6.07) is 52.5. The van der Waals surface area contributed by atoms with Crippen molar-refractivity contribution in [3.63, 3.8) is 0 Å². The van der Waals surface area contributed by atoms with E-state index in [1.807, 2.05) is 54.7 Å². The standard InChI is InChI=1S/C53H37NO/c1-35(17-7-10-25-43-30-42-24-13-14-27-46(42)52-49-31-40-22-11-12-23-41(40)32-51(49)55-53(43)52)37(3)45-26-15-16-28-47(45)48-33-50(38-19-5-4-6-20-38)54-34-44(48)29-39-21-9-8-18-36(39)2/h4-34H,1-3H2/b17-7-,25-10+,39-29-. The van der Waals surface area contributed by atoms with E-state index in [0.29, 0.717) is 0 Å². The van der Waals surface area contributed by atoms with E-state index in [1.165, 1.54) is 16.2 Å². The summed E-state index contributed by atoms with van der Waals surface area (Å²) in [5.41, 5.74) is 10.5. The number of benzene rings is 7. The van der Waals surface area contributed by atoms with Crippen LogP contribution < -0.4 is 10.4 Å². The topological polar surface area (TPSA) is 26.0 Å². The molecule has 2 aromatic heterocycles. The highest BCUT2D eigenvalue weighted by Crippen LogP contribution is 2.40. The Morgan fingerprint density at radius 2 is 1.31 bits per heavy atom. The SMILES string of the molecule is C=C(/C=C\C=C\c1cc2ccccc2c2c1oc1cc3ccccc3cc12)C(=C)c1ccccc1-c1cc(-c2ccccc2)ncc1/C=c1/ccccc1=C. The largest absolute Gasteiger partial charge is 0.455 e. The lowest BCUT2D eigenvalue weighted by atomic mass is 9.89. The highest BCUT2D eigenvalue weighted by Gasteiger charge is 2.16. The van der Waals surface area contributed by atoms with E-state index in [9.17, 15) is 0 Å². The maximum Gasteiger partial charge on any atom is 0.143 e. The molecule has 7 aromatic carbocycles. The van der Waals surface area contributed by atoms with Crippen LogP contribution in [0.3, 0.4) is 0 Å². The van der Waals surface area contributed by atoms with Gasteiger partial charge < -0.3 is 4.42 Å². The molecule has 0 aliphatic carbocycles. The zero-order valence-electron chi connectivity index (χ0n) is 30.4. The fraction of sp³-hybridized carbons (Fsp3) is 0. The van der Waals surface area contributed by atoms with Crippen molar-refractivity contribution in [1.82, 2.24) is 4.98 Å². The minimum atomic E-state index is 0.821. The lowest BCUT2D eigenvalue weighted by Gasteiger charge is -2.16. The van der Waals surface area contributed by atoms with E-state index in [2.05, 4.69) is 153 Å². The molecular weight excluding hydrogens is 667 g/mol. The van der Waals surface area contributed by atoms with Crippen molar-refractivity contribution in [3.8, 4) is 22.4 Å². The summed E-state index contributed by atoms with van der Waals surface area (Å²) in [4.78, 5) is 4.89. The Morgan fingerprint density at radius 3 is 2.15 bits per heavy atom. The van der Waals surface area contributed by atoms with Crippen molar-refractivity contribution in [2.24, 2.45) is 0 Å². The number of rotatable bonds is 8. The number of fused-ring (bicyclic) bond motifs is 6. The normalized spacial score (nSPS) is 12.2. The average Bonchev–Trinajstić information content (AvgIpc) is 3.61. The summed E-state index contributed by atoms with van der Waals surface area (Å²) in [6.07, 6.45) is 12.3. The first kappa shape index (κ1) is 33.5. The van der Waals surface area contributed by atoms with Crippen molar-refractivity contribution in [1.29, 1.82) is 0 Å². The Morgan fingerprint density at radius 1 is 0.600 bits per heavy atom. The van der Waals surface area contributed by atoms with Gasteiger partial charge in [0.1, 0.15) is 11.2 Å². The monoisotopic (exact) mass is 703 g/mol. The maximum absolute atomic E-state index is 6.60. The molecule has 0 bridgehead atoms. The molecule has 2 heteroatoms. The van der Waals surface area contributed by atoms with Crippen molar-refractivity contribution in [2.45, 2.75) is 0 Å². The molecule has 0 spiro atoms. The van der Waals surface area contributed by atoms with Gasteiger partial charge in [0.2, 0.25) is 0 Å². The Balaban J connectivity index is 1.07. The summed E-state index contributed by atoms with van der Waals surface area (Å²) in [5.74, 6) is 0. The Labute approximate surface area is 320 Å². The van der Waals surface area contributed by atoms with Crippen LogP contribution in [0.25, 0.3) is 90.2 Å². The van der Waals surface area contributed by atoms with Crippen LogP contribution in [0.5, 0.6) is 0 Å². The highest BCUT2D eigenvalue weighted by atomic mass is 16.3. The fourth-order valence-corrected chi connectivity index (χ4v) is 7.47. The molecule has 0 unspecified atom stereocenters. The molecule has 0 fully saturated rings. The summed E-state index contributed by atoms with van der Waals surface area (Å²) in [5, 5.41) is 8.99. The van der Waals surface area contributed by atoms with Gasteiger partial charge in [0.05, 0.1) is 5.69 Å². The maximum atomic E-state index is 6.60. The minimum absolute atomic E-state index is 0.821. The van der Waals surface area contributed by atoms with E-state index >= 15 is 0 Å². The van der Waals surface area contributed by atoms with Gasteiger partial charge in [-0.05, 0) is 90.2 Å². The molecule has 0 aliphatic heterocycles. The van der Waals surface area contributed by atoms with E-state index in [4.69, 9.17) is 9.40 Å². The van der Waals surface area contributed by atoms with Gasteiger partial charge in [-0.1, -0.05) is 171 Å². The second kappa shape index (κ2) is 14.3. The molecule has 2 heterocycles. The van der Waals surface area contributed by atoms with E-state index < -0.39 is 0 Å². The molecule has 9 rings (SSSR count). The number of nitrogens with zero attached hydrogens (tertiary/aromatic N) is 1. The number of hydrogen-bond acceptors (Lipinski definition) is 2. The highest BCUT2D eigenvalue weighted by molar-refractivity contribution is 6.22. The number of allylic oxidation sites excluding steroid dienone is 5. The quantitative estimate of drug-likeness (QED) is 0.147. The Kier molecular flexibility index (Phi) is 8.70. The number of furan rings is 1. The number of pyridine rings is 1. The van der Waals surface area contributed by atoms with Gasteiger partial charge in [0.15, 0.2) is 0 Å². The molecule has 0 saturated carbocycles. The van der Waals surface area contributed by atoms with Gasteiger partial charge >= 0.3 is 0 Å². The van der Waals surface area contributed by atoms with Gasteiger partial charge in [-0.3, -0.25) is 4.98 Å². The molecule has 2 nitrogen and oxygen atoms in total. The average molecular weight is 704 g/mol. The van der Waals surface area contributed by atoms with Crippen LogP contribution in [-0.2, 0) is 0 Å². The summed E-state index contributed by atoms with van der Waals surface area (Å²) in [7, 11) is 0. The lowest BCUT2D eigenvalue weighted by molar-refractivity contribution is 0.669. The lowest BCUT2D eigenvalue weighted by Crippen LogP contribution is -2.21. The van der Waals surface area contributed by atoms with Gasteiger partial charge in [0, 0.05) is 33.7 Å². The van der Waals surface area contributed by atoms with Gasteiger partial charge in [-0.15, -0.1) is 0 Å². The third-order valence-electron chi connectivity index (χ3n) is 10.3. The van der Waals surface area contributed by atoms with E-state index in [0.717, 1.165) is 88.0 Å². The first-order chi connectivity index (χ1) is 27.0. The van der Waals surface area contributed by atoms with Gasteiger partial charge in [0.25, 0.3) is 0 Å². The van der Waals surface area contributed by atoms with Crippen LogP contribution >= 0.6 is 0 Å². The summed E-state index contributed by atoms with van der Waals surface area (Å²) >= 11 is 0.